The van der Waals surface area contributed by atoms with Gasteiger partial charge in [0.25, 0.3) is 11.5 Å². The van der Waals surface area contributed by atoms with Gasteiger partial charge in [0.2, 0.25) is 0 Å². The zero-order chi connectivity index (χ0) is 19.0. The van der Waals surface area contributed by atoms with Crippen molar-refractivity contribution in [1.82, 2.24) is 15.3 Å². The second-order valence-corrected chi connectivity index (χ2v) is 6.89. The summed E-state index contributed by atoms with van der Waals surface area (Å²) in [6.45, 7) is 1.81. The Morgan fingerprint density at radius 2 is 2.04 bits per heavy atom. The zero-order valence-electron chi connectivity index (χ0n) is 14.9. The number of aldehydes is 1. The average Bonchev–Trinajstić information content (AvgIpc) is 3.51. The molecule has 3 aromatic rings. The Bertz CT molecular complexity index is 1100. The minimum Gasteiger partial charge on any atom is -0.344 e. The first-order valence-corrected chi connectivity index (χ1v) is 8.96. The highest BCUT2D eigenvalue weighted by Gasteiger charge is 2.27. The highest BCUT2D eigenvalue weighted by atomic mass is 16.2. The fourth-order valence-corrected chi connectivity index (χ4v) is 3.31. The van der Waals surface area contributed by atoms with E-state index in [4.69, 9.17) is 0 Å². The van der Waals surface area contributed by atoms with Gasteiger partial charge in [-0.1, -0.05) is 36.4 Å². The maximum absolute atomic E-state index is 12.6. The lowest BCUT2D eigenvalue weighted by molar-refractivity contribution is 0.0932. The van der Waals surface area contributed by atoms with Crippen LogP contribution in [-0.4, -0.2) is 22.2 Å². The minimum absolute atomic E-state index is 0.0981. The molecule has 1 fully saturated rings. The first-order chi connectivity index (χ1) is 13.1. The lowest BCUT2D eigenvalue weighted by Crippen LogP contribution is -2.30. The maximum atomic E-state index is 12.6. The summed E-state index contributed by atoms with van der Waals surface area (Å²) in [5.41, 5.74) is 1.05. The molecule has 0 aliphatic heterocycles. The summed E-state index contributed by atoms with van der Waals surface area (Å²) in [4.78, 5) is 43.1. The Hall–Kier alpha value is -3.28. The van der Waals surface area contributed by atoms with Crippen LogP contribution in [0.1, 0.15) is 64.0 Å². The highest BCUT2D eigenvalue weighted by molar-refractivity contribution is 6.00. The molecule has 0 bridgehead atoms. The third kappa shape index (κ3) is 3.38. The fraction of sp³-hybridized carbons (Fsp3) is 0.238. The molecular weight excluding hydrogens is 342 g/mol. The van der Waals surface area contributed by atoms with Crippen molar-refractivity contribution in [1.29, 1.82) is 0 Å². The normalized spacial score (nSPS) is 14.7. The summed E-state index contributed by atoms with van der Waals surface area (Å²) in [7, 11) is 0. The number of rotatable bonds is 5. The number of hydrogen-bond donors (Lipinski definition) is 2. The lowest BCUT2D eigenvalue weighted by atomic mass is 9.96. The molecule has 1 saturated carbocycles. The van der Waals surface area contributed by atoms with Gasteiger partial charge in [0, 0.05) is 17.5 Å². The smallest absolute Gasteiger partial charge is 0.270 e. The Morgan fingerprint density at radius 3 is 2.78 bits per heavy atom. The average molecular weight is 361 g/mol. The molecule has 1 aliphatic carbocycles. The first kappa shape index (κ1) is 17.1. The van der Waals surface area contributed by atoms with Crippen LogP contribution in [-0.2, 0) is 0 Å². The third-order valence-corrected chi connectivity index (χ3v) is 4.89. The molecule has 27 heavy (non-hydrogen) atoms. The Balaban J connectivity index is 1.63. The van der Waals surface area contributed by atoms with E-state index < -0.39 is 11.9 Å². The van der Waals surface area contributed by atoms with Crippen molar-refractivity contribution in [2.45, 2.75) is 31.7 Å². The quantitative estimate of drug-likeness (QED) is 0.683. The van der Waals surface area contributed by atoms with Gasteiger partial charge in [-0.05, 0) is 36.1 Å². The molecule has 2 N–H and O–H groups in total. The molecule has 6 nitrogen and oxygen atoms in total. The second-order valence-electron chi connectivity index (χ2n) is 6.89. The molecule has 1 aliphatic rings. The van der Waals surface area contributed by atoms with Crippen molar-refractivity contribution in [3.8, 4) is 0 Å². The number of carbonyl (C=O) groups is 2. The van der Waals surface area contributed by atoms with Crippen LogP contribution in [0.5, 0.6) is 0 Å². The topological polar surface area (TPSA) is 91.9 Å². The van der Waals surface area contributed by atoms with Crippen LogP contribution >= 0.6 is 0 Å². The zero-order valence-corrected chi connectivity index (χ0v) is 14.9. The molecule has 4 rings (SSSR count). The molecule has 1 aromatic heterocycles. The van der Waals surface area contributed by atoms with Crippen LogP contribution in [0, 0.1) is 0 Å². The standard InChI is InChI=1S/C21H19N3O3/c1-12(15-9-8-13-4-2-3-5-16(13)17(15)11-25)22-21(27)18-10-19(26)24-20(23-18)14-6-7-14/h2-5,8-12,14H,6-7H2,1H3,(H,22,27)(H,23,24,26)/t12-/m1/s1. The van der Waals surface area contributed by atoms with Gasteiger partial charge in [0.15, 0.2) is 6.29 Å². The molecule has 2 aromatic carbocycles. The van der Waals surface area contributed by atoms with E-state index in [1.807, 2.05) is 43.3 Å². The van der Waals surface area contributed by atoms with Gasteiger partial charge in [-0.3, -0.25) is 14.4 Å². The molecule has 1 atom stereocenters. The van der Waals surface area contributed by atoms with E-state index in [-0.39, 0.29) is 17.2 Å². The summed E-state index contributed by atoms with van der Waals surface area (Å²) in [5.74, 6) is 0.380. The molecule has 0 saturated heterocycles. The monoisotopic (exact) mass is 361 g/mol. The predicted octanol–water partition coefficient (Wildman–Crippen LogP) is 3.10. The number of nitrogens with zero attached hydrogens (tertiary/aromatic N) is 1. The highest BCUT2D eigenvalue weighted by Crippen LogP contribution is 2.37. The third-order valence-electron chi connectivity index (χ3n) is 4.89. The van der Waals surface area contributed by atoms with Crippen LogP contribution in [0.2, 0.25) is 0 Å². The van der Waals surface area contributed by atoms with Crippen molar-refractivity contribution >= 4 is 23.0 Å². The lowest BCUT2D eigenvalue weighted by Gasteiger charge is -2.17. The maximum Gasteiger partial charge on any atom is 0.270 e. The summed E-state index contributed by atoms with van der Waals surface area (Å²) in [6.07, 6.45) is 2.77. The number of nitrogens with one attached hydrogen (secondary N) is 2. The Kier molecular flexibility index (Phi) is 4.32. The van der Waals surface area contributed by atoms with E-state index in [1.165, 1.54) is 6.07 Å². The summed E-state index contributed by atoms with van der Waals surface area (Å²) >= 11 is 0. The first-order valence-electron chi connectivity index (χ1n) is 8.96. The van der Waals surface area contributed by atoms with Gasteiger partial charge < -0.3 is 10.3 Å². The molecule has 0 radical (unpaired) electrons. The number of aromatic nitrogens is 2. The summed E-state index contributed by atoms with van der Waals surface area (Å²) < 4.78 is 0. The second kappa shape index (κ2) is 6.79. The summed E-state index contributed by atoms with van der Waals surface area (Å²) in [5, 5.41) is 4.66. The number of aromatic amines is 1. The molecule has 6 heteroatoms. The number of H-pyrrole nitrogens is 1. The fourth-order valence-electron chi connectivity index (χ4n) is 3.31. The molecular formula is C21H19N3O3. The molecule has 136 valence electrons. The molecule has 0 unspecified atom stereocenters. The molecule has 1 amide bonds. The number of hydrogen-bond acceptors (Lipinski definition) is 4. The SMILES string of the molecule is C[C@@H](NC(=O)c1cc(=O)[nH]c(C2CC2)n1)c1ccc2ccccc2c1C=O. The van der Waals surface area contributed by atoms with E-state index >= 15 is 0 Å². The van der Waals surface area contributed by atoms with Crippen LogP contribution in [0.15, 0.2) is 47.3 Å². The van der Waals surface area contributed by atoms with Crippen LogP contribution in [0.4, 0.5) is 0 Å². The number of amides is 1. The van der Waals surface area contributed by atoms with Crippen LogP contribution in [0.3, 0.4) is 0 Å². The summed E-state index contributed by atoms with van der Waals surface area (Å²) in [6, 6.07) is 12.2. The molecule has 0 spiro atoms. The van der Waals surface area contributed by atoms with Crippen molar-refractivity contribution in [2.75, 3.05) is 0 Å². The van der Waals surface area contributed by atoms with E-state index in [9.17, 15) is 14.4 Å². The van der Waals surface area contributed by atoms with E-state index in [1.54, 1.807) is 0 Å². The van der Waals surface area contributed by atoms with Crippen molar-refractivity contribution in [3.05, 3.63) is 75.5 Å². The molecule has 1 heterocycles. The predicted molar refractivity (Wildman–Crippen MR) is 102 cm³/mol. The van der Waals surface area contributed by atoms with Gasteiger partial charge in [0.05, 0.1) is 6.04 Å². The van der Waals surface area contributed by atoms with Crippen LogP contribution in [0.25, 0.3) is 10.8 Å². The number of benzene rings is 2. The van der Waals surface area contributed by atoms with Crippen molar-refractivity contribution in [3.63, 3.8) is 0 Å². The van der Waals surface area contributed by atoms with E-state index in [2.05, 4.69) is 15.3 Å². The number of fused-ring (bicyclic) bond motifs is 1. The van der Waals surface area contributed by atoms with Crippen molar-refractivity contribution < 1.29 is 9.59 Å². The van der Waals surface area contributed by atoms with Crippen molar-refractivity contribution in [2.24, 2.45) is 0 Å². The van der Waals surface area contributed by atoms with E-state index in [0.717, 1.165) is 35.5 Å². The van der Waals surface area contributed by atoms with Gasteiger partial charge in [-0.25, -0.2) is 4.98 Å². The van der Waals surface area contributed by atoms with Gasteiger partial charge in [-0.2, -0.15) is 0 Å². The minimum atomic E-state index is -0.430. The number of carbonyl (C=O) groups excluding carboxylic acids is 2. The van der Waals surface area contributed by atoms with Gasteiger partial charge in [0.1, 0.15) is 11.5 Å². The Morgan fingerprint density at radius 1 is 1.26 bits per heavy atom. The largest absolute Gasteiger partial charge is 0.344 e. The van der Waals surface area contributed by atoms with E-state index in [0.29, 0.717) is 11.4 Å². The Labute approximate surface area is 155 Å². The van der Waals surface area contributed by atoms with Gasteiger partial charge >= 0.3 is 0 Å². The van der Waals surface area contributed by atoms with Gasteiger partial charge in [-0.15, -0.1) is 0 Å². The van der Waals surface area contributed by atoms with Crippen LogP contribution < -0.4 is 10.9 Å².